The normalized spacial score (nSPS) is 16.2. The van der Waals surface area contributed by atoms with Crippen LogP contribution in [-0.4, -0.2) is 20.4 Å². The van der Waals surface area contributed by atoms with Gasteiger partial charge in [0.2, 0.25) is 0 Å². The molecule has 1 aliphatic heterocycles. The molecule has 0 bridgehead atoms. The average Bonchev–Trinajstić information content (AvgIpc) is 2.71. The summed E-state index contributed by atoms with van der Waals surface area (Å²) >= 11 is 6.03. The number of pyridine rings is 1. The van der Waals surface area contributed by atoms with Crippen LogP contribution in [0.15, 0.2) is 41.3 Å². The number of rotatable bonds is 1. The van der Waals surface area contributed by atoms with Gasteiger partial charge in [0.15, 0.2) is 5.82 Å². The Morgan fingerprint density at radius 3 is 2.92 bits per heavy atom. The summed E-state index contributed by atoms with van der Waals surface area (Å²) in [6, 6.07) is 7.92. The molecule has 0 aliphatic carbocycles. The number of hydrogen-bond acceptors (Lipinski definition) is 4. The standard InChI is InChI=1S/C17H13ClN4O2/c1-2-12-15-20-13-6-5-9(18)8-11(13)17(24)22(15)14-10(16(23)21-12)4-3-7-19-14/h3-8,12H,2H2,1H3,(H,21,23). The molecule has 1 amide bonds. The molecular formula is C17H13ClN4O2. The summed E-state index contributed by atoms with van der Waals surface area (Å²) < 4.78 is 1.42. The minimum atomic E-state index is -0.375. The van der Waals surface area contributed by atoms with E-state index in [4.69, 9.17) is 11.6 Å². The first-order valence-corrected chi connectivity index (χ1v) is 7.96. The molecule has 7 heteroatoms. The zero-order valence-electron chi connectivity index (χ0n) is 12.8. The highest BCUT2D eigenvalue weighted by atomic mass is 35.5. The molecule has 0 fully saturated rings. The van der Waals surface area contributed by atoms with Gasteiger partial charge in [-0.3, -0.25) is 9.59 Å². The number of amides is 1. The Kier molecular flexibility index (Phi) is 3.35. The summed E-state index contributed by atoms with van der Waals surface area (Å²) in [4.78, 5) is 34.5. The monoisotopic (exact) mass is 340 g/mol. The fourth-order valence-corrected chi connectivity index (χ4v) is 3.12. The van der Waals surface area contributed by atoms with Crippen molar-refractivity contribution in [1.82, 2.24) is 19.9 Å². The number of fused-ring (bicyclic) bond motifs is 4. The van der Waals surface area contributed by atoms with Crippen LogP contribution in [0, 0.1) is 0 Å². The van der Waals surface area contributed by atoms with Crippen molar-refractivity contribution >= 4 is 28.4 Å². The molecule has 3 heterocycles. The summed E-state index contributed by atoms with van der Waals surface area (Å²) in [7, 11) is 0. The SMILES string of the molecule is CCC1NC(=O)c2cccnc2-n2c1nc1ccc(Cl)cc1c2=O. The zero-order chi connectivity index (χ0) is 16.8. The first kappa shape index (κ1) is 14.8. The van der Waals surface area contributed by atoms with Gasteiger partial charge in [0, 0.05) is 11.2 Å². The second kappa shape index (κ2) is 5.42. The molecular weight excluding hydrogens is 328 g/mol. The van der Waals surface area contributed by atoms with Gasteiger partial charge in [-0.25, -0.2) is 14.5 Å². The number of carbonyl (C=O) groups excluding carboxylic acids is 1. The first-order valence-electron chi connectivity index (χ1n) is 7.58. The topological polar surface area (TPSA) is 76.9 Å². The largest absolute Gasteiger partial charge is 0.342 e. The van der Waals surface area contributed by atoms with Crippen molar-refractivity contribution in [1.29, 1.82) is 0 Å². The second-order valence-corrected chi connectivity index (χ2v) is 6.02. The molecule has 1 aliphatic rings. The zero-order valence-corrected chi connectivity index (χ0v) is 13.5. The molecule has 1 N–H and O–H groups in total. The van der Waals surface area contributed by atoms with Gasteiger partial charge in [-0.15, -0.1) is 0 Å². The molecule has 1 aromatic carbocycles. The van der Waals surface area contributed by atoms with Gasteiger partial charge in [-0.1, -0.05) is 18.5 Å². The highest BCUT2D eigenvalue weighted by Gasteiger charge is 2.29. The van der Waals surface area contributed by atoms with Gasteiger partial charge in [0.25, 0.3) is 11.5 Å². The number of nitrogens with zero attached hydrogens (tertiary/aromatic N) is 3. The molecule has 0 saturated carbocycles. The van der Waals surface area contributed by atoms with E-state index >= 15 is 0 Å². The molecule has 24 heavy (non-hydrogen) atoms. The van der Waals surface area contributed by atoms with Gasteiger partial charge in [0.05, 0.1) is 22.5 Å². The Morgan fingerprint density at radius 1 is 1.29 bits per heavy atom. The second-order valence-electron chi connectivity index (χ2n) is 5.58. The lowest BCUT2D eigenvalue weighted by molar-refractivity contribution is 0.0937. The molecule has 1 unspecified atom stereocenters. The van der Waals surface area contributed by atoms with E-state index in [-0.39, 0.29) is 17.5 Å². The van der Waals surface area contributed by atoms with Gasteiger partial charge in [-0.05, 0) is 36.8 Å². The predicted molar refractivity (Wildman–Crippen MR) is 90.6 cm³/mol. The Balaban J connectivity index is 2.17. The molecule has 4 rings (SSSR count). The van der Waals surface area contributed by atoms with Crippen LogP contribution in [0.5, 0.6) is 0 Å². The van der Waals surface area contributed by atoms with Crippen molar-refractivity contribution < 1.29 is 4.79 Å². The van der Waals surface area contributed by atoms with Crippen LogP contribution < -0.4 is 10.9 Å². The molecule has 2 aromatic heterocycles. The minimum absolute atomic E-state index is 0.267. The predicted octanol–water partition coefficient (Wildman–Crippen LogP) is 2.63. The van der Waals surface area contributed by atoms with E-state index < -0.39 is 0 Å². The van der Waals surface area contributed by atoms with Crippen LogP contribution >= 0.6 is 11.6 Å². The van der Waals surface area contributed by atoms with Crippen molar-refractivity contribution in [3.8, 4) is 5.82 Å². The summed E-state index contributed by atoms with van der Waals surface area (Å²) in [5.74, 6) is 0.500. The Bertz CT molecular complexity index is 1040. The molecule has 6 nitrogen and oxygen atoms in total. The van der Waals surface area contributed by atoms with E-state index in [9.17, 15) is 9.59 Å². The third-order valence-corrected chi connectivity index (χ3v) is 4.36. The summed E-state index contributed by atoms with van der Waals surface area (Å²) in [5.41, 5.74) is 0.607. The van der Waals surface area contributed by atoms with Crippen LogP contribution in [0.3, 0.4) is 0 Å². The summed E-state index contributed by atoms with van der Waals surface area (Å²) in [6.07, 6.45) is 2.15. The minimum Gasteiger partial charge on any atom is -0.342 e. The lowest BCUT2D eigenvalue weighted by atomic mass is 10.2. The number of halogens is 1. The van der Waals surface area contributed by atoms with Crippen molar-refractivity contribution in [3.05, 3.63) is 63.3 Å². The summed E-state index contributed by atoms with van der Waals surface area (Å²) in [5, 5.41) is 3.77. The van der Waals surface area contributed by atoms with Crippen molar-refractivity contribution in [2.45, 2.75) is 19.4 Å². The molecule has 0 radical (unpaired) electrons. The smallest absolute Gasteiger partial charge is 0.267 e. The lowest BCUT2D eigenvalue weighted by Gasteiger charge is -2.17. The maximum atomic E-state index is 13.1. The Hall–Kier alpha value is -2.73. The van der Waals surface area contributed by atoms with Crippen LogP contribution in [0.4, 0.5) is 0 Å². The molecule has 1 atom stereocenters. The molecule has 0 spiro atoms. The molecule has 120 valence electrons. The van der Waals surface area contributed by atoms with Crippen LogP contribution in [0.2, 0.25) is 5.02 Å². The maximum absolute atomic E-state index is 13.1. The number of carbonyl (C=O) groups is 1. The Labute approximate surface area is 142 Å². The quantitative estimate of drug-likeness (QED) is 0.738. The average molecular weight is 341 g/mol. The van der Waals surface area contributed by atoms with Crippen LogP contribution in [-0.2, 0) is 0 Å². The number of benzene rings is 1. The highest BCUT2D eigenvalue weighted by molar-refractivity contribution is 6.31. The van der Waals surface area contributed by atoms with E-state index in [1.54, 1.807) is 36.5 Å². The van der Waals surface area contributed by atoms with Crippen molar-refractivity contribution in [3.63, 3.8) is 0 Å². The van der Waals surface area contributed by atoms with Crippen molar-refractivity contribution in [2.75, 3.05) is 0 Å². The number of hydrogen-bond donors (Lipinski definition) is 1. The molecule has 3 aromatic rings. The maximum Gasteiger partial charge on any atom is 0.267 e. The van der Waals surface area contributed by atoms with Gasteiger partial charge in [0.1, 0.15) is 5.82 Å². The van der Waals surface area contributed by atoms with Gasteiger partial charge < -0.3 is 5.32 Å². The first-order chi connectivity index (χ1) is 11.6. The fraction of sp³-hybridized carbons (Fsp3) is 0.176. The van der Waals surface area contributed by atoms with Crippen LogP contribution in [0.1, 0.15) is 35.6 Å². The third kappa shape index (κ3) is 2.11. The highest BCUT2D eigenvalue weighted by Crippen LogP contribution is 2.25. The van der Waals surface area contributed by atoms with Gasteiger partial charge >= 0.3 is 0 Å². The van der Waals surface area contributed by atoms with E-state index in [0.29, 0.717) is 39.6 Å². The van der Waals surface area contributed by atoms with E-state index in [1.165, 1.54) is 4.57 Å². The summed E-state index contributed by atoms with van der Waals surface area (Å²) in [6.45, 7) is 1.93. The third-order valence-electron chi connectivity index (χ3n) is 4.12. The van der Waals surface area contributed by atoms with E-state index in [2.05, 4.69) is 15.3 Å². The number of aromatic nitrogens is 3. The van der Waals surface area contributed by atoms with E-state index in [1.807, 2.05) is 6.92 Å². The Morgan fingerprint density at radius 2 is 2.12 bits per heavy atom. The fourth-order valence-electron chi connectivity index (χ4n) is 2.95. The van der Waals surface area contributed by atoms with Crippen LogP contribution in [0.25, 0.3) is 16.7 Å². The lowest BCUT2D eigenvalue weighted by Crippen LogP contribution is -2.30. The molecule has 0 saturated heterocycles. The van der Waals surface area contributed by atoms with E-state index in [0.717, 1.165) is 0 Å². The number of nitrogens with one attached hydrogen (secondary N) is 1. The van der Waals surface area contributed by atoms with Crippen molar-refractivity contribution in [2.24, 2.45) is 0 Å². The van der Waals surface area contributed by atoms with Gasteiger partial charge in [-0.2, -0.15) is 0 Å².